The van der Waals surface area contributed by atoms with E-state index in [1.165, 1.54) is 16.9 Å². The number of carbonyl (C=O) groups excluding carboxylic acids is 1. The van der Waals surface area contributed by atoms with Crippen LogP contribution >= 0.6 is 0 Å². The zero-order chi connectivity index (χ0) is 15.2. The molecule has 7 nitrogen and oxygen atoms in total. The van der Waals surface area contributed by atoms with Crippen molar-refractivity contribution in [2.24, 2.45) is 0 Å². The molecule has 1 aromatic heterocycles. The molecule has 0 radical (unpaired) electrons. The highest BCUT2D eigenvalue weighted by Crippen LogP contribution is 2.16. The lowest BCUT2D eigenvalue weighted by Gasteiger charge is -2.05. The summed E-state index contributed by atoms with van der Waals surface area (Å²) in [5.41, 5.74) is 0.765. The van der Waals surface area contributed by atoms with Crippen LogP contribution < -0.4 is 10.1 Å². The van der Waals surface area contributed by atoms with Crippen molar-refractivity contribution in [2.45, 2.75) is 13.5 Å². The maximum atomic E-state index is 12.0. The van der Waals surface area contributed by atoms with Gasteiger partial charge in [-0.15, -0.1) is 0 Å². The summed E-state index contributed by atoms with van der Waals surface area (Å²) in [4.78, 5) is 22.5. The summed E-state index contributed by atoms with van der Waals surface area (Å²) in [7, 11) is 0. The Hall–Kier alpha value is -2.83. The van der Waals surface area contributed by atoms with E-state index in [4.69, 9.17) is 9.84 Å². The first kappa shape index (κ1) is 14.6. The highest BCUT2D eigenvalue weighted by atomic mass is 16.5. The van der Waals surface area contributed by atoms with Crippen molar-refractivity contribution in [3.63, 3.8) is 0 Å². The third-order valence-electron chi connectivity index (χ3n) is 2.59. The van der Waals surface area contributed by atoms with Crippen molar-refractivity contribution in [1.29, 1.82) is 0 Å². The second-order valence-electron chi connectivity index (χ2n) is 4.20. The normalized spacial score (nSPS) is 10.1. The van der Waals surface area contributed by atoms with E-state index < -0.39 is 11.9 Å². The number of anilines is 1. The standard InChI is InChI=1S/C14H15N3O4/c1-2-21-11-5-3-10(4-6-11)15-14(20)12-7-8-17(16-12)9-13(18)19/h3-8H,2,9H2,1H3,(H,15,20)(H,18,19). The van der Waals surface area contributed by atoms with Gasteiger partial charge in [-0.1, -0.05) is 0 Å². The largest absolute Gasteiger partial charge is 0.494 e. The molecule has 2 N–H and O–H groups in total. The lowest BCUT2D eigenvalue weighted by molar-refractivity contribution is -0.137. The number of nitrogens with one attached hydrogen (secondary N) is 1. The molecular formula is C14H15N3O4. The number of benzene rings is 1. The second kappa shape index (κ2) is 6.56. The summed E-state index contributed by atoms with van der Waals surface area (Å²) in [6, 6.07) is 8.41. The van der Waals surface area contributed by atoms with Crippen molar-refractivity contribution in [2.75, 3.05) is 11.9 Å². The van der Waals surface area contributed by atoms with Gasteiger partial charge < -0.3 is 15.2 Å². The first-order chi connectivity index (χ1) is 10.1. The van der Waals surface area contributed by atoms with Crippen molar-refractivity contribution in [1.82, 2.24) is 9.78 Å². The van der Waals surface area contributed by atoms with Gasteiger partial charge >= 0.3 is 5.97 Å². The molecule has 0 spiro atoms. The molecule has 1 amide bonds. The third-order valence-corrected chi connectivity index (χ3v) is 2.59. The van der Waals surface area contributed by atoms with Gasteiger partial charge in [0.25, 0.3) is 5.91 Å². The number of carboxylic acid groups (broad SMARTS) is 1. The summed E-state index contributed by atoms with van der Waals surface area (Å²) in [6.07, 6.45) is 1.45. The number of carboxylic acids is 1. The van der Waals surface area contributed by atoms with E-state index in [2.05, 4.69) is 10.4 Å². The number of aliphatic carboxylic acids is 1. The molecule has 0 fully saturated rings. The Morgan fingerprint density at radius 1 is 1.29 bits per heavy atom. The average molecular weight is 289 g/mol. The van der Waals surface area contributed by atoms with Crippen LogP contribution in [0.2, 0.25) is 0 Å². The third kappa shape index (κ3) is 4.07. The van der Waals surface area contributed by atoms with E-state index in [-0.39, 0.29) is 12.2 Å². The molecule has 21 heavy (non-hydrogen) atoms. The van der Waals surface area contributed by atoms with Gasteiger partial charge in [0.2, 0.25) is 0 Å². The predicted molar refractivity (Wildman–Crippen MR) is 75.4 cm³/mol. The first-order valence-corrected chi connectivity index (χ1v) is 6.38. The number of ether oxygens (including phenoxy) is 1. The van der Waals surface area contributed by atoms with Gasteiger partial charge in [0.1, 0.15) is 12.3 Å². The van der Waals surface area contributed by atoms with Crippen LogP contribution in [0.4, 0.5) is 5.69 Å². The first-order valence-electron chi connectivity index (χ1n) is 6.38. The van der Waals surface area contributed by atoms with E-state index in [0.717, 1.165) is 5.75 Å². The Labute approximate surface area is 121 Å². The topological polar surface area (TPSA) is 93.5 Å². The van der Waals surface area contributed by atoms with Gasteiger partial charge in [0.15, 0.2) is 5.69 Å². The Bertz CT molecular complexity index is 634. The molecule has 7 heteroatoms. The Balaban J connectivity index is 2.00. The van der Waals surface area contributed by atoms with Gasteiger partial charge in [0.05, 0.1) is 6.61 Å². The zero-order valence-corrected chi connectivity index (χ0v) is 11.4. The molecule has 0 aliphatic heterocycles. The lowest BCUT2D eigenvalue weighted by atomic mass is 10.3. The molecule has 0 unspecified atom stereocenters. The summed E-state index contributed by atoms with van der Waals surface area (Å²) < 4.78 is 6.50. The molecule has 0 saturated heterocycles. The number of hydrogen-bond donors (Lipinski definition) is 2. The lowest BCUT2D eigenvalue weighted by Crippen LogP contribution is -2.15. The molecule has 1 aromatic carbocycles. The van der Waals surface area contributed by atoms with Crippen LogP contribution in [0.25, 0.3) is 0 Å². The van der Waals surface area contributed by atoms with Crippen LogP contribution in [0, 0.1) is 0 Å². The maximum absolute atomic E-state index is 12.0. The Morgan fingerprint density at radius 3 is 2.62 bits per heavy atom. The summed E-state index contributed by atoms with van der Waals surface area (Å²) >= 11 is 0. The molecule has 1 heterocycles. The van der Waals surface area contributed by atoms with Gasteiger partial charge in [-0.2, -0.15) is 5.10 Å². The van der Waals surface area contributed by atoms with Crippen molar-refractivity contribution < 1.29 is 19.4 Å². The number of nitrogens with zero attached hydrogens (tertiary/aromatic N) is 2. The van der Waals surface area contributed by atoms with Crippen LogP contribution in [0.5, 0.6) is 5.75 Å². The van der Waals surface area contributed by atoms with Crippen molar-refractivity contribution in [3.8, 4) is 5.75 Å². The fourth-order valence-corrected chi connectivity index (χ4v) is 1.71. The zero-order valence-electron chi connectivity index (χ0n) is 11.4. The molecule has 0 aliphatic rings. The summed E-state index contributed by atoms with van der Waals surface area (Å²) in [6.45, 7) is 2.19. The quantitative estimate of drug-likeness (QED) is 0.842. The summed E-state index contributed by atoms with van der Waals surface area (Å²) in [5.74, 6) is -0.693. The summed E-state index contributed by atoms with van der Waals surface area (Å²) in [5, 5.41) is 15.2. The second-order valence-corrected chi connectivity index (χ2v) is 4.20. The van der Waals surface area contributed by atoms with Crippen LogP contribution in [0.1, 0.15) is 17.4 Å². The molecule has 2 aromatic rings. The fraction of sp³-hybridized carbons (Fsp3) is 0.214. The molecule has 0 atom stereocenters. The number of amides is 1. The minimum absolute atomic E-state index is 0.158. The number of rotatable bonds is 6. The van der Waals surface area contributed by atoms with Crippen molar-refractivity contribution in [3.05, 3.63) is 42.2 Å². The van der Waals surface area contributed by atoms with E-state index in [0.29, 0.717) is 12.3 Å². The van der Waals surface area contributed by atoms with E-state index in [1.807, 2.05) is 6.92 Å². The molecule has 0 saturated carbocycles. The van der Waals surface area contributed by atoms with Crippen molar-refractivity contribution >= 4 is 17.6 Å². The fourth-order valence-electron chi connectivity index (χ4n) is 1.71. The molecule has 2 rings (SSSR count). The molecule has 110 valence electrons. The Kier molecular flexibility index (Phi) is 4.55. The number of hydrogen-bond acceptors (Lipinski definition) is 4. The molecular weight excluding hydrogens is 274 g/mol. The van der Waals surface area contributed by atoms with Crippen LogP contribution in [0.3, 0.4) is 0 Å². The van der Waals surface area contributed by atoms with Gasteiger partial charge in [0, 0.05) is 11.9 Å². The van der Waals surface area contributed by atoms with Gasteiger partial charge in [-0.25, -0.2) is 0 Å². The monoisotopic (exact) mass is 289 g/mol. The smallest absolute Gasteiger partial charge is 0.325 e. The minimum atomic E-state index is -1.02. The Morgan fingerprint density at radius 2 is 2.00 bits per heavy atom. The average Bonchev–Trinajstić information content (AvgIpc) is 2.89. The van der Waals surface area contributed by atoms with Gasteiger partial charge in [-0.05, 0) is 37.3 Å². The van der Waals surface area contributed by atoms with Crippen LogP contribution in [0.15, 0.2) is 36.5 Å². The SMILES string of the molecule is CCOc1ccc(NC(=O)c2ccn(CC(=O)O)n2)cc1. The minimum Gasteiger partial charge on any atom is -0.494 e. The number of aromatic nitrogens is 2. The van der Waals surface area contributed by atoms with E-state index in [1.54, 1.807) is 24.3 Å². The highest BCUT2D eigenvalue weighted by Gasteiger charge is 2.11. The molecule has 0 bridgehead atoms. The molecule has 0 aliphatic carbocycles. The van der Waals surface area contributed by atoms with E-state index in [9.17, 15) is 9.59 Å². The highest BCUT2D eigenvalue weighted by molar-refractivity contribution is 6.02. The maximum Gasteiger partial charge on any atom is 0.325 e. The van der Waals surface area contributed by atoms with Crippen LogP contribution in [-0.4, -0.2) is 33.4 Å². The van der Waals surface area contributed by atoms with Crippen LogP contribution in [-0.2, 0) is 11.3 Å². The van der Waals surface area contributed by atoms with E-state index >= 15 is 0 Å². The predicted octanol–water partition coefficient (Wildman–Crippen LogP) is 1.62. The number of carbonyl (C=O) groups is 2. The van der Waals surface area contributed by atoms with Gasteiger partial charge in [-0.3, -0.25) is 14.3 Å².